The predicted octanol–water partition coefficient (Wildman–Crippen LogP) is 2.09. The molecule has 2 aromatic heterocycles. The number of tetrazole rings is 1. The fourth-order valence-electron chi connectivity index (χ4n) is 4.40. The van der Waals surface area contributed by atoms with Crippen LogP contribution in [0.25, 0.3) is 22.5 Å². The molecule has 0 aliphatic carbocycles. The number of halogens is 1. The number of fused-ring (bicyclic) bond motifs is 1. The molecule has 1 fully saturated rings. The number of oxazole rings is 1. The highest BCUT2D eigenvalue weighted by atomic mass is 19.1. The number of nitrogens with one attached hydrogen (secondary N) is 2. The van der Waals surface area contributed by atoms with Gasteiger partial charge in [0.2, 0.25) is 11.7 Å². The number of rotatable bonds is 7. The summed E-state index contributed by atoms with van der Waals surface area (Å²) < 4.78 is 18.9. The normalized spacial score (nSPS) is 17.3. The van der Waals surface area contributed by atoms with Gasteiger partial charge in [-0.25, -0.2) is 9.18 Å². The monoisotopic (exact) mass is 465 g/mol. The van der Waals surface area contributed by atoms with Crippen LogP contribution in [0.4, 0.5) is 4.39 Å². The summed E-state index contributed by atoms with van der Waals surface area (Å²) in [4.78, 5) is 31.1. The zero-order valence-corrected chi connectivity index (χ0v) is 18.6. The molecule has 176 valence electrons. The summed E-state index contributed by atoms with van der Waals surface area (Å²) in [5.41, 5.74) is 3.42. The van der Waals surface area contributed by atoms with Crippen LogP contribution in [0.2, 0.25) is 0 Å². The Morgan fingerprint density at radius 3 is 2.97 bits per heavy atom. The van der Waals surface area contributed by atoms with E-state index >= 15 is 0 Å². The highest BCUT2D eigenvalue weighted by molar-refractivity contribution is 5.81. The molecule has 2 aromatic carbocycles. The summed E-state index contributed by atoms with van der Waals surface area (Å²) >= 11 is 0. The van der Waals surface area contributed by atoms with Crippen molar-refractivity contribution < 1.29 is 13.6 Å². The topological polar surface area (TPSA) is 124 Å². The van der Waals surface area contributed by atoms with Crippen molar-refractivity contribution in [3.8, 4) is 11.4 Å². The van der Waals surface area contributed by atoms with Gasteiger partial charge in [-0.2, -0.15) is 5.21 Å². The Balaban J connectivity index is 1.41. The number of nitrogens with zero attached hydrogens (tertiary/aromatic N) is 5. The number of likely N-dealkylation sites (N-methyl/N-ethyl adjacent to an activating group) is 1. The minimum Gasteiger partial charge on any atom is -0.408 e. The van der Waals surface area contributed by atoms with E-state index in [0.29, 0.717) is 43.0 Å². The van der Waals surface area contributed by atoms with Crippen molar-refractivity contribution in [3.05, 3.63) is 64.1 Å². The molecule has 0 radical (unpaired) electrons. The van der Waals surface area contributed by atoms with Crippen molar-refractivity contribution in [3.63, 3.8) is 0 Å². The van der Waals surface area contributed by atoms with E-state index in [1.165, 1.54) is 0 Å². The summed E-state index contributed by atoms with van der Waals surface area (Å²) in [7, 11) is 1.76. The smallest absolute Gasteiger partial charge is 0.408 e. The van der Waals surface area contributed by atoms with Crippen LogP contribution < -0.4 is 5.76 Å². The number of H-pyrrole nitrogens is 2. The molecule has 1 saturated heterocycles. The lowest BCUT2D eigenvalue weighted by Crippen LogP contribution is -2.39. The van der Waals surface area contributed by atoms with E-state index in [-0.39, 0.29) is 18.4 Å². The van der Waals surface area contributed by atoms with Gasteiger partial charge in [-0.05, 0) is 41.0 Å². The number of aromatic nitrogens is 5. The van der Waals surface area contributed by atoms with Crippen molar-refractivity contribution in [1.82, 2.24) is 35.4 Å². The van der Waals surface area contributed by atoms with Gasteiger partial charge >= 0.3 is 5.76 Å². The van der Waals surface area contributed by atoms with Crippen LogP contribution in [-0.2, 0) is 11.2 Å². The van der Waals surface area contributed by atoms with Crippen LogP contribution in [0, 0.1) is 0 Å². The summed E-state index contributed by atoms with van der Waals surface area (Å²) in [5.74, 6) is -0.174. The fraction of sp³-hybridized carbons (Fsp3) is 0.348. The minimum absolute atomic E-state index is 0.101. The summed E-state index contributed by atoms with van der Waals surface area (Å²) in [6.45, 7) is 1.51. The number of hydrogen-bond donors (Lipinski definition) is 2. The zero-order valence-electron chi connectivity index (χ0n) is 18.6. The second kappa shape index (κ2) is 9.18. The van der Waals surface area contributed by atoms with E-state index in [1.807, 2.05) is 29.2 Å². The fourth-order valence-corrected chi connectivity index (χ4v) is 4.40. The zero-order chi connectivity index (χ0) is 23.7. The highest BCUT2D eigenvalue weighted by Gasteiger charge is 2.29. The van der Waals surface area contributed by atoms with Crippen molar-refractivity contribution in [2.75, 3.05) is 26.7 Å². The molecule has 0 spiro atoms. The Morgan fingerprint density at radius 2 is 2.21 bits per heavy atom. The second-order valence-corrected chi connectivity index (χ2v) is 8.55. The molecule has 11 heteroatoms. The third kappa shape index (κ3) is 4.60. The number of hydrogen-bond acceptors (Lipinski definition) is 7. The Bertz CT molecular complexity index is 1350. The quantitative estimate of drug-likeness (QED) is 0.428. The average molecular weight is 465 g/mol. The van der Waals surface area contributed by atoms with Crippen LogP contribution >= 0.6 is 0 Å². The molecular formula is C23H24FN7O3. The van der Waals surface area contributed by atoms with Gasteiger partial charge in [-0.15, -0.1) is 10.2 Å². The third-order valence-corrected chi connectivity index (χ3v) is 6.22. The molecule has 34 heavy (non-hydrogen) atoms. The SMILES string of the molecule is CN(C(=O)Cc1ccc2oc(=O)[nH]c2c1)[C@H](CN1CCC(F)C1)c1cccc(-c2nn[nH]n2)c1. The maximum absolute atomic E-state index is 13.9. The molecule has 1 unspecified atom stereocenters. The lowest BCUT2D eigenvalue weighted by atomic mass is 10.0. The van der Waals surface area contributed by atoms with E-state index < -0.39 is 11.9 Å². The molecular weight excluding hydrogens is 441 g/mol. The Kier molecular flexibility index (Phi) is 5.93. The van der Waals surface area contributed by atoms with Crippen LogP contribution in [0.3, 0.4) is 0 Å². The molecule has 4 aromatic rings. The highest BCUT2D eigenvalue weighted by Crippen LogP contribution is 2.27. The molecule has 2 N–H and O–H groups in total. The first kappa shape index (κ1) is 22.0. The van der Waals surface area contributed by atoms with Gasteiger partial charge < -0.3 is 9.32 Å². The predicted molar refractivity (Wildman–Crippen MR) is 122 cm³/mol. The van der Waals surface area contributed by atoms with E-state index in [1.54, 1.807) is 30.1 Å². The van der Waals surface area contributed by atoms with Crippen molar-refractivity contribution in [2.45, 2.75) is 25.1 Å². The Hall–Kier alpha value is -3.86. The molecule has 3 heterocycles. The Morgan fingerprint density at radius 1 is 1.32 bits per heavy atom. The molecule has 1 amide bonds. The van der Waals surface area contributed by atoms with Gasteiger partial charge in [0, 0.05) is 32.2 Å². The molecule has 0 saturated carbocycles. The average Bonchev–Trinajstić information content (AvgIpc) is 3.57. The number of benzene rings is 2. The molecule has 0 bridgehead atoms. The lowest BCUT2D eigenvalue weighted by molar-refractivity contribution is -0.131. The molecule has 2 atom stereocenters. The summed E-state index contributed by atoms with van der Waals surface area (Å²) in [5, 5.41) is 14.2. The first-order valence-corrected chi connectivity index (χ1v) is 11.0. The van der Waals surface area contributed by atoms with Gasteiger partial charge in [0.15, 0.2) is 5.58 Å². The molecule has 1 aliphatic heterocycles. The summed E-state index contributed by atoms with van der Waals surface area (Å²) in [6.07, 6.45) is -0.209. The minimum atomic E-state index is -0.851. The standard InChI is InChI=1S/C23H24FN7O3/c1-30(21(32)10-14-5-6-20-18(9-14)25-23(33)34-20)19(13-31-8-7-17(24)12-31)15-3-2-4-16(11-15)22-26-28-29-27-22/h2-6,9,11,17,19H,7-8,10,12-13H2,1H3,(H,25,33)(H,26,27,28,29)/t17?,19-/m1/s1. The maximum atomic E-state index is 13.9. The molecule has 5 rings (SSSR count). The van der Waals surface area contributed by atoms with Crippen molar-refractivity contribution in [2.24, 2.45) is 0 Å². The first-order valence-electron chi connectivity index (χ1n) is 11.0. The lowest BCUT2D eigenvalue weighted by Gasteiger charge is -2.32. The first-order chi connectivity index (χ1) is 16.5. The Labute approximate surface area is 193 Å². The van der Waals surface area contributed by atoms with Crippen LogP contribution in [-0.4, -0.2) is 74.2 Å². The van der Waals surface area contributed by atoms with Gasteiger partial charge in [-0.3, -0.25) is 14.7 Å². The summed E-state index contributed by atoms with van der Waals surface area (Å²) in [6, 6.07) is 12.5. The van der Waals surface area contributed by atoms with Crippen LogP contribution in [0.1, 0.15) is 23.6 Å². The number of carbonyl (C=O) groups is 1. The van der Waals surface area contributed by atoms with Crippen molar-refractivity contribution >= 4 is 17.0 Å². The van der Waals surface area contributed by atoms with E-state index in [9.17, 15) is 14.0 Å². The maximum Gasteiger partial charge on any atom is 0.417 e. The number of amides is 1. The second-order valence-electron chi connectivity index (χ2n) is 8.55. The van der Waals surface area contributed by atoms with E-state index in [4.69, 9.17) is 4.42 Å². The number of aromatic amines is 2. The third-order valence-electron chi connectivity index (χ3n) is 6.22. The molecule has 10 nitrogen and oxygen atoms in total. The van der Waals surface area contributed by atoms with Crippen LogP contribution in [0.15, 0.2) is 51.7 Å². The van der Waals surface area contributed by atoms with Gasteiger partial charge in [-0.1, -0.05) is 24.3 Å². The van der Waals surface area contributed by atoms with Crippen LogP contribution in [0.5, 0.6) is 0 Å². The van der Waals surface area contributed by atoms with E-state index in [0.717, 1.165) is 16.7 Å². The van der Waals surface area contributed by atoms with E-state index in [2.05, 4.69) is 25.6 Å². The number of likely N-dealkylation sites (tertiary alicyclic amines) is 1. The van der Waals surface area contributed by atoms with Gasteiger partial charge in [0.25, 0.3) is 0 Å². The van der Waals surface area contributed by atoms with Gasteiger partial charge in [0.05, 0.1) is 18.0 Å². The van der Waals surface area contributed by atoms with Crippen molar-refractivity contribution in [1.29, 1.82) is 0 Å². The largest absolute Gasteiger partial charge is 0.417 e. The number of alkyl halides is 1. The van der Waals surface area contributed by atoms with Gasteiger partial charge in [0.1, 0.15) is 6.17 Å². The molecule has 1 aliphatic rings. The number of carbonyl (C=O) groups excluding carboxylic acids is 1.